The van der Waals surface area contributed by atoms with E-state index in [1.54, 1.807) is 0 Å². The Morgan fingerprint density at radius 3 is 2.87 bits per heavy atom. The van der Waals surface area contributed by atoms with E-state index < -0.39 is 0 Å². The van der Waals surface area contributed by atoms with Gasteiger partial charge in [0, 0.05) is 5.69 Å². The van der Waals surface area contributed by atoms with Crippen LogP contribution in [0.3, 0.4) is 0 Å². The summed E-state index contributed by atoms with van der Waals surface area (Å²) < 4.78 is 0.600. The van der Waals surface area contributed by atoms with E-state index in [0.717, 1.165) is 18.5 Å². The molecular weight excluding hydrogens is 204 g/mol. The van der Waals surface area contributed by atoms with Crippen molar-refractivity contribution in [2.24, 2.45) is 5.92 Å². The maximum Gasteiger partial charge on any atom is 0.121 e. The van der Waals surface area contributed by atoms with Crippen molar-refractivity contribution in [1.82, 2.24) is 4.98 Å². The number of nitrogens with one attached hydrogen (secondary N) is 1. The number of aromatic nitrogens is 1. The van der Waals surface area contributed by atoms with Crippen molar-refractivity contribution >= 4 is 12.2 Å². The third kappa shape index (κ3) is 1.70. The summed E-state index contributed by atoms with van der Waals surface area (Å²) in [6, 6.07) is 2.24. The largest absolute Gasteiger partial charge is 0.349 e. The van der Waals surface area contributed by atoms with Crippen molar-refractivity contribution in [2.45, 2.75) is 33.1 Å². The minimum atomic E-state index is 0.600. The van der Waals surface area contributed by atoms with Crippen molar-refractivity contribution in [3.8, 4) is 6.07 Å². The highest BCUT2D eigenvalue weighted by atomic mass is 32.1. The lowest BCUT2D eigenvalue weighted by Gasteiger charge is -2.23. The molecule has 2 rings (SSSR count). The highest BCUT2D eigenvalue weighted by Gasteiger charge is 2.20. The molecule has 0 spiro atoms. The molecule has 78 valence electrons. The highest BCUT2D eigenvalue weighted by Crippen LogP contribution is 2.29. The number of rotatable bonds is 0. The first kappa shape index (κ1) is 10.4. The first-order valence-corrected chi connectivity index (χ1v) is 5.69. The molecule has 1 aliphatic rings. The van der Waals surface area contributed by atoms with E-state index in [1.807, 2.05) is 6.92 Å². The van der Waals surface area contributed by atoms with E-state index in [9.17, 15) is 0 Å². The molecule has 0 saturated carbocycles. The fourth-order valence-corrected chi connectivity index (χ4v) is 2.67. The first-order chi connectivity index (χ1) is 7.13. The predicted molar refractivity (Wildman–Crippen MR) is 62.3 cm³/mol. The molecule has 1 aliphatic carbocycles. The number of pyridine rings is 1. The van der Waals surface area contributed by atoms with Gasteiger partial charge in [0.05, 0.1) is 5.56 Å². The summed E-state index contributed by atoms with van der Waals surface area (Å²) in [6.07, 6.45) is 3.28. The second kappa shape index (κ2) is 3.79. The lowest BCUT2D eigenvalue weighted by Crippen LogP contribution is -2.15. The number of nitrogens with zero attached hydrogens (tertiary/aromatic N) is 1. The average Bonchev–Trinajstić information content (AvgIpc) is 2.17. The molecule has 1 aromatic rings. The van der Waals surface area contributed by atoms with Crippen LogP contribution in [-0.2, 0) is 12.8 Å². The Morgan fingerprint density at radius 2 is 2.20 bits per heavy atom. The van der Waals surface area contributed by atoms with Gasteiger partial charge in [-0.1, -0.05) is 19.1 Å². The van der Waals surface area contributed by atoms with Crippen LogP contribution in [0.1, 0.15) is 35.7 Å². The molecule has 2 nitrogen and oxygen atoms in total. The third-order valence-electron chi connectivity index (χ3n) is 3.20. The summed E-state index contributed by atoms with van der Waals surface area (Å²) in [5.41, 5.74) is 4.34. The van der Waals surface area contributed by atoms with Crippen molar-refractivity contribution in [3.05, 3.63) is 27.0 Å². The molecule has 15 heavy (non-hydrogen) atoms. The summed E-state index contributed by atoms with van der Waals surface area (Å²) >= 11 is 5.18. The molecule has 0 fully saturated rings. The van der Waals surface area contributed by atoms with Crippen molar-refractivity contribution in [2.75, 3.05) is 0 Å². The standard InChI is InChI=1S/C12H14N2S/c1-7-3-4-9-8(2)14-12(15)11(6-13)10(9)5-7/h7H,3-5H2,1-2H3,(H,14,15). The van der Waals surface area contributed by atoms with Crippen LogP contribution in [0.4, 0.5) is 0 Å². The monoisotopic (exact) mass is 218 g/mol. The molecule has 1 N–H and O–H groups in total. The lowest BCUT2D eigenvalue weighted by molar-refractivity contribution is 0.497. The van der Waals surface area contributed by atoms with Gasteiger partial charge in [0.1, 0.15) is 10.7 Å². The van der Waals surface area contributed by atoms with Gasteiger partial charge in [-0.05, 0) is 43.2 Å². The number of hydrogen-bond acceptors (Lipinski definition) is 2. The molecule has 1 heterocycles. The number of H-pyrrole nitrogens is 1. The highest BCUT2D eigenvalue weighted by molar-refractivity contribution is 7.71. The average molecular weight is 218 g/mol. The lowest BCUT2D eigenvalue weighted by atomic mass is 9.83. The van der Waals surface area contributed by atoms with Crippen LogP contribution in [0.2, 0.25) is 0 Å². The molecule has 1 atom stereocenters. The maximum atomic E-state index is 9.11. The molecule has 1 unspecified atom stereocenters. The molecule has 0 amide bonds. The van der Waals surface area contributed by atoms with Crippen LogP contribution < -0.4 is 0 Å². The second-order valence-electron chi connectivity index (χ2n) is 4.37. The molecular formula is C12H14N2S. The molecule has 1 aromatic heterocycles. The smallest absolute Gasteiger partial charge is 0.121 e. The minimum absolute atomic E-state index is 0.600. The van der Waals surface area contributed by atoms with Crippen LogP contribution in [0.15, 0.2) is 0 Å². The quantitative estimate of drug-likeness (QED) is 0.680. The van der Waals surface area contributed by atoms with Gasteiger partial charge < -0.3 is 4.98 Å². The first-order valence-electron chi connectivity index (χ1n) is 5.28. The van der Waals surface area contributed by atoms with Gasteiger partial charge in [-0.2, -0.15) is 5.26 Å². The van der Waals surface area contributed by atoms with Crippen LogP contribution in [0.5, 0.6) is 0 Å². The van der Waals surface area contributed by atoms with E-state index >= 15 is 0 Å². The summed E-state index contributed by atoms with van der Waals surface area (Å²) in [7, 11) is 0. The molecule has 0 radical (unpaired) electrons. The van der Waals surface area contributed by atoms with Gasteiger partial charge >= 0.3 is 0 Å². The Morgan fingerprint density at radius 1 is 1.47 bits per heavy atom. The summed E-state index contributed by atoms with van der Waals surface area (Å²) in [6.45, 7) is 4.28. The van der Waals surface area contributed by atoms with Gasteiger partial charge in [-0.15, -0.1) is 0 Å². The minimum Gasteiger partial charge on any atom is -0.349 e. The molecule has 0 aromatic carbocycles. The number of nitriles is 1. The molecule has 0 aliphatic heterocycles. The fourth-order valence-electron chi connectivity index (χ4n) is 2.35. The SMILES string of the molecule is Cc1[nH]c(=S)c(C#N)c2c1CCC(C)C2. The van der Waals surface area contributed by atoms with Crippen molar-refractivity contribution in [3.63, 3.8) is 0 Å². The Labute approximate surface area is 95.0 Å². The zero-order chi connectivity index (χ0) is 11.0. The Hall–Kier alpha value is -1.14. The number of hydrogen-bond donors (Lipinski definition) is 1. The van der Waals surface area contributed by atoms with Crippen LogP contribution >= 0.6 is 12.2 Å². The van der Waals surface area contributed by atoms with Gasteiger partial charge in [0.25, 0.3) is 0 Å². The number of aryl methyl sites for hydroxylation is 1. The number of fused-ring (bicyclic) bond motifs is 1. The molecule has 0 bridgehead atoms. The van der Waals surface area contributed by atoms with Crippen LogP contribution in [0.25, 0.3) is 0 Å². The van der Waals surface area contributed by atoms with E-state index in [-0.39, 0.29) is 0 Å². The molecule has 3 heteroatoms. The topological polar surface area (TPSA) is 39.6 Å². The van der Waals surface area contributed by atoms with Gasteiger partial charge in [0.2, 0.25) is 0 Å². The third-order valence-corrected chi connectivity index (χ3v) is 3.50. The van der Waals surface area contributed by atoms with Crippen molar-refractivity contribution < 1.29 is 0 Å². The number of aromatic amines is 1. The predicted octanol–water partition coefficient (Wildman–Crippen LogP) is 3.05. The van der Waals surface area contributed by atoms with Gasteiger partial charge in [0.15, 0.2) is 0 Å². The Bertz CT molecular complexity index is 494. The maximum absolute atomic E-state index is 9.11. The van der Waals surface area contributed by atoms with E-state index in [4.69, 9.17) is 17.5 Å². The van der Waals surface area contributed by atoms with E-state index in [0.29, 0.717) is 16.1 Å². The van der Waals surface area contributed by atoms with Crippen LogP contribution in [0, 0.1) is 28.8 Å². The van der Waals surface area contributed by atoms with E-state index in [2.05, 4.69) is 18.0 Å². The van der Waals surface area contributed by atoms with Gasteiger partial charge in [-0.3, -0.25) is 0 Å². The summed E-state index contributed by atoms with van der Waals surface area (Å²) in [5, 5.41) is 9.11. The zero-order valence-electron chi connectivity index (χ0n) is 9.05. The zero-order valence-corrected chi connectivity index (χ0v) is 9.87. The summed E-state index contributed by atoms with van der Waals surface area (Å²) in [5.74, 6) is 0.667. The van der Waals surface area contributed by atoms with E-state index in [1.165, 1.54) is 17.5 Å². The summed E-state index contributed by atoms with van der Waals surface area (Å²) in [4.78, 5) is 3.12. The fraction of sp³-hybridized carbons (Fsp3) is 0.500. The Kier molecular flexibility index (Phi) is 2.62. The normalized spacial score (nSPS) is 19.4. The Balaban J connectivity index is 2.70. The van der Waals surface area contributed by atoms with Crippen LogP contribution in [-0.4, -0.2) is 4.98 Å². The van der Waals surface area contributed by atoms with Crippen molar-refractivity contribution in [1.29, 1.82) is 5.26 Å². The molecule has 0 saturated heterocycles. The second-order valence-corrected chi connectivity index (χ2v) is 4.78. The van der Waals surface area contributed by atoms with Gasteiger partial charge in [-0.25, -0.2) is 0 Å².